The molecule has 1 aliphatic rings. The smallest absolute Gasteiger partial charge is 0.387 e. The van der Waals surface area contributed by atoms with E-state index in [0.29, 0.717) is 48.6 Å². The molecular weight excluding hydrogens is 481 g/mol. The number of hydrogen-bond acceptors (Lipinski definition) is 5. The molecule has 3 aromatic carbocycles. The lowest BCUT2D eigenvalue weighted by molar-refractivity contribution is -0.137. The minimum Gasteiger partial charge on any atom is -0.387 e. The van der Waals surface area contributed by atoms with Crippen molar-refractivity contribution in [2.75, 3.05) is 32.0 Å². The number of amides is 1. The summed E-state index contributed by atoms with van der Waals surface area (Å²) in [5.41, 5.74) is 2.32. The van der Waals surface area contributed by atoms with E-state index in [1.54, 1.807) is 43.4 Å². The van der Waals surface area contributed by atoms with Gasteiger partial charge in [-0.3, -0.25) is 9.69 Å². The van der Waals surface area contributed by atoms with Crippen LogP contribution < -0.4 is 5.32 Å². The molecule has 6 nitrogen and oxygen atoms in total. The van der Waals surface area contributed by atoms with Gasteiger partial charge < -0.3 is 15.0 Å². The van der Waals surface area contributed by atoms with Gasteiger partial charge in [-0.1, -0.05) is 30.3 Å². The third-order valence-corrected chi connectivity index (χ3v) is 6.43. The van der Waals surface area contributed by atoms with Gasteiger partial charge in [0.05, 0.1) is 22.8 Å². The van der Waals surface area contributed by atoms with Gasteiger partial charge in [0.15, 0.2) is 0 Å². The summed E-state index contributed by atoms with van der Waals surface area (Å²) in [5.74, 6) is -0.374. The van der Waals surface area contributed by atoms with E-state index in [9.17, 15) is 22.8 Å². The Morgan fingerprint density at radius 2 is 1.84 bits per heavy atom. The van der Waals surface area contributed by atoms with Crippen molar-refractivity contribution in [3.8, 4) is 17.2 Å². The third kappa shape index (κ3) is 5.81. The highest BCUT2D eigenvalue weighted by Gasteiger charge is 2.33. The molecule has 0 saturated carbocycles. The molecule has 1 aliphatic heterocycles. The fourth-order valence-electron chi connectivity index (χ4n) is 4.53. The second-order valence-corrected chi connectivity index (χ2v) is 8.84. The van der Waals surface area contributed by atoms with Crippen molar-refractivity contribution in [3.05, 3.63) is 89.0 Å². The highest BCUT2D eigenvalue weighted by Crippen LogP contribution is 2.33. The molecule has 37 heavy (non-hydrogen) atoms. The zero-order valence-electron chi connectivity index (χ0n) is 20.1. The van der Waals surface area contributed by atoms with Crippen LogP contribution in [0.5, 0.6) is 0 Å². The van der Waals surface area contributed by atoms with Gasteiger partial charge in [-0.05, 0) is 53.1 Å². The largest absolute Gasteiger partial charge is 0.416 e. The standard InChI is InChI=1S/C28H25F3N4O2/c1-33-26-9-8-22(21-6-3-7-23(13-21)28(29,30)31)14-25(26)27(37)35-11-10-34(17-24(35)18-36)16-20-5-2-4-19(12-20)15-32/h2-9,12-14,18,24,33H,10-11,16-17H2,1H3. The van der Waals surface area contributed by atoms with Gasteiger partial charge in [0.2, 0.25) is 0 Å². The lowest BCUT2D eigenvalue weighted by Crippen LogP contribution is -2.55. The number of nitrogens with zero attached hydrogens (tertiary/aromatic N) is 3. The Kier molecular flexibility index (Phi) is 7.60. The zero-order valence-corrected chi connectivity index (χ0v) is 20.1. The van der Waals surface area contributed by atoms with Crippen LogP contribution in [0.3, 0.4) is 0 Å². The molecule has 3 aromatic rings. The molecule has 9 heteroatoms. The average molecular weight is 507 g/mol. The maximum absolute atomic E-state index is 13.6. The molecular formula is C28H25F3N4O2. The van der Waals surface area contributed by atoms with Crippen molar-refractivity contribution < 1.29 is 22.8 Å². The Bertz CT molecular complexity index is 1350. The number of hydrogen-bond donors (Lipinski definition) is 1. The van der Waals surface area contributed by atoms with Gasteiger partial charge in [-0.2, -0.15) is 18.4 Å². The second-order valence-electron chi connectivity index (χ2n) is 8.84. The van der Waals surface area contributed by atoms with Crippen molar-refractivity contribution in [1.82, 2.24) is 9.80 Å². The van der Waals surface area contributed by atoms with E-state index in [4.69, 9.17) is 5.26 Å². The normalized spacial score (nSPS) is 16.2. The molecule has 190 valence electrons. The number of benzene rings is 3. The van der Waals surface area contributed by atoms with Gasteiger partial charge in [0.25, 0.3) is 5.91 Å². The number of carbonyl (C=O) groups is 2. The number of nitrogens with one attached hydrogen (secondary N) is 1. The van der Waals surface area contributed by atoms with Gasteiger partial charge in [0, 0.05) is 38.9 Å². The summed E-state index contributed by atoms with van der Waals surface area (Å²) in [5, 5.41) is 12.1. The first-order valence-electron chi connectivity index (χ1n) is 11.7. The quantitative estimate of drug-likeness (QED) is 0.486. The van der Waals surface area contributed by atoms with E-state index in [1.807, 2.05) is 12.1 Å². The van der Waals surface area contributed by atoms with E-state index >= 15 is 0 Å². The molecule has 1 atom stereocenters. The van der Waals surface area contributed by atoms with E-state index in [2.05, 4.69) is 16.3 Å². The van der Waals surface area contributed by atoms with E-state index in [-0.39, 0.29) is 11.5 Å². The molecule has 0 spiro atoms. The average Bonchev–Trinajstić information content (AvgIpc) is 2.92. The molecule has 0 radical (unpaired) electrons. The van der Waals surface area contributed by atoms with Crippen LogP contribution >= 0.6 is 0 Å². The predicted molar refractivity (Wildman–Crippen MR) is 134 cm³/mol. The van der Waals surface area contributed by atoms with Crippen LogP contribution in [0.2, 0.25) is 0 Å². The highest BCUT2D eigenvalue weighted by molar-refractivity contribution is 6.02. The van der Waals surface area contributed by atoms with Crippen LogP contribution in [0.25, 0.3) is 11.1 Å². The summed E-state index contributed by atoms with van der Waals surface area (Å²) in [7, 11) is 1.65. The summed E-state index contributed by atoms with van der Waals surface area (Å²) in [6, 6.07) is 18.5. The molecule has 1 heterocycles. The second kappa shape index (κ2) is 10.8. The van der Waals surface area contributed by atoms with E-state index in [1.165, 1.54) is 11.0 Å². The molecule has 1 N–H and O–H groups in total. The Morgan fingerprint density at radius 1 is 1.08 bits per heavy atom. The van der Waals surface area contributed by atoms with Crippen molar-refractivity contribution in [2.45, 2.75) is 18.8 Å². The molecule has 1 fully saturated rings. The SMILES string of the molecule is CNc1ccc(-c2cccc(C(F)(F)F)c2)cc1C(=O)N1CCN(Cc2cccc(C#N)c2)CC1C=O. The number of halogens is 3. The van der Waals surface area contributed by atoms with Crippen molar-refractivity contribution in [3.63, 3.8) is 0 Å². The molecule has 0 bridgehead atoms. The number of anilines is 1. The van der Waals surface area contributed by atoms with E-state index < -0.39 is 17.8 Å². The van der Waals surface area contributed by atoms with Crippen LogP contribution in [0.1, 0.15) is 27.0 Å². The molecule has 4 rings (SSSR count). The van der Waals surface area contributed by atoms with Crippen molar-refractivity contribution >= 4 is 17.9 Å². The van der Waals surface area contributed by atoms with Crippen LogP contribution in [0.4, 0.5) is 18.9 Å². The summed E-state index contributed by atoms with van der Waals surface area (Å²) in [6.07, 6.45) is -3.74. The molecule has 1 saturated heterocycles. The minimum atomic E-state index is -4.48. The first-order chi connectivity index (χ1) is 17.7. The number of nitriles is 1. The maximum Gasteiger partial charge on any atom is 0.416 e. The number of carbonyl (C=O) groups excluding carboxylic acids is 2. The summed E-state index contributed by atoms with van der Waals surface area (Å²) >= 11 is 0. The Labute approximate surface area is 212 Å². The molecule has 0 aromatic heterocycles. The van der Waals surface area contributed by atoms with Crippen LogP contribution in [-0.4, -0.2) is 54.7 Å². The van der Waals surface area contributed by atoms with E-state index in [0.717, 1.165) is 24.0 Å². The highest BCUT2D eigenvalue weighted by atomic mass is 19.4. The Balaban J connectivity index is 1.57. The van der Waals surface area contributed by atoms with Crippen LogP contribution in [-0.2, 0) is 17.5 Å². The monoisotopic (exact) mass is 506 g/mol. The molecule has 1 amide bonds. The number of aldehydes is 1. The fourth-order valence-corrected chi connectivity index (χ4v) is 4.53. The topological polar surface area (TPSA) is 76.4 Å². The predicted octanol–water partition coefficient (Wildman–Crippen LogP) is 4.81. The van der Waals surface area contributed by atoms with Crippen molar-refractivity contribution in [1.29, 1.82) is 5.26 Å². The lowest BCUT2D eigenvalue weighted by Gasteiger charge is -2.39. The summed E-state index contributed by atoms with van der Waals surface area (Å²) in [4.78, 5) is 29.1. The fraction of sp³-hybridized carbons (Fsp3) is 0.250. The molecule has 1 unspecified atom stereocenters. The van der Waals surface area contributed by atoms with Gasteiger partial charge in [0.1, 0.15) is 12.3 Å². The lowest BCUT2D eigenvalue weighted by atomic mass is 9.98. The maximum atomic E-state index is 13.6. The first-order valence-corrected chi connectivity index (χ1v) is 11.7. The summed E-state index contributed by atoms with van der Waals surface area (Å²) in [6.45, 7) is 1.69. The summed E-state index contributed by atoms with van der Waals surface area (Å²) < 4.78 is 39.7. The zero-order chi connectivity index (χ0) is 26.6. The Hall–Kier alpha value is -4.16. The molecule has 0 aliphatic carbocycles. The van der Waals surface area contributed by atoms with Gasteiger partial charge >= 0.3 is 6.18 Å². The minimum absolute atomic E-state index is 0.277. The number of alkyl halides is 3. The third-order valence-electron chi connectivity index (χ3n) is 6.43. The van der Waals surface area contributed by atoms with Crippen LogP contribution in [0.15, 0.2) is 66.7 Å². The van der Waals surface area contributed by atoms with Gasteiger partial charge in [-0.25, -0.2) is 0 Å². The van der Waals surface area contributed by atoms with Gasteiger partial charge in [-0.15, -0.1) is 0 Å². The number of piperazine rings is 1. The number of rotatable bonds is 6. The Morgan fingerprint density at radius 3 is 2.54 bits per heavy atom. The van der Waals surface area contributed by atoms with Crippen LogP contribution in [0, 0.1) is 11.3 Å². The van der Waals surface area contributed by atoms with Crippen molar-refractivity contribution in [2.24, 2.45) is 0 Å². The first kappa shape index (κ1) is 25.9.